The molecule has 0 spiro atoms. The zero-order valence-corrected chi connectivity index (χ0v) is 18.4. The van der Waals surface area contributed by atoms with Crippen LogP contribution in [-0.4, -0.2) is 56.1 Å². The SMILES string of the molecule is CC(C)Nc1cc(-c2cccc(C#CC[C@]3(O)CCN(C)C3=O)c2)nc2c(N)ncnc12. The first-order chi connectivity index (χ1) is 15.3. The molecule has 2 aromatic heterocycles. The van der Waals surface area contributed by atoms with Gasteiger partial charge in [0.05, 0.1) is 11.4 Å². The third-order valence-electron chi connectivity index (χ3n) is 5.44. The van der Waals surface area contributed by atoms with Crippen molar-refractivity contribution in [1.29, 1.82) is 0 Å². The van der Waals surface area contributed by atoms with Gasteiger partial charge in [-0.25, -0.2) is 15.0 Å². The van der Waals surface area contributed by atoms with Crippen molar-refractivity contribution in [3.8, 4) is 23.1 Å². The molecule has 164 valence electrons. The molecule has 1 aliphatic heterocycles. The average Bonchev–Trinajstić information content (AvgIpc) is 3.02. The number of likely N-dealkylation sites (N-methyl/N-ethyl adjacent to an activating group) is 1. The van der Waals surface area contributed by atoms with Crippen LogP contribution in [0.4, 0.5) is 11.5 Å². The lowest BCUT2D eigenvalue weighted by atomic mass is 9.98. The molecule has 3 aromatic rings. The summed E-state index contributed by atoms with van der Waals surface area (Å²) in [5.74, 6) is 6.08. The van der Waals surface area contributed by atoms with Crippen LogP contribution in [0.5, 0.6) is 0 Å². The quantitative estimate of drug-likeness (QED) is 0.544. The molecular formula is C24H26N6O2. The van der Waals surface area contributed by atoms with Crippen LogP contribution in [0.1, 0.15) is 32.3 Å². The Balaban J connectivity index is 1.67. The molecule has 8 nitrogen and oxygen atoms in total. The molecule has 1 atom stereocenters. The molecule has 0 radical (unpaired) electrons. The number of benzene rings is 1. The van der Waals surface area contributed by atoms with Gasteiger partial charge < -0.3 is 21.1 Å². The predicted molar refractivity (Wildman–Crippen MR) is 125 cm³/mol. The van der Waals surface area contributed by atoms with E-state index >= 15 is 0 Å². The number of fused-ring (bicyclic) bond motifs is 1. The molecule has 4 rings (SSSR count). The van der Waals surface area contributed by atoms with E-state index in [1.165, 1.54) is 11.2 Å². The van der Waals surface area contributed by atoms with Gasteiger partial charge in [0.2, 0.25) is 0 Å². The Labute approximate surface area is 186 Å². The van der Waals surface area contributed by atoms with E-state index in [4.69, 9.17) is 10.7 Å². The fourth-order valence-corrected chi connectivity index (χ4v) is 3.76. The molecule has 1 amide bonds. The largest absolute Gasteiger partial charge is 0.382 e. The highest BCUT2D eigenvalue weighted by Gasteiger charge is 2.42. The summed E-state index contributed by atoms with van der Waals surface area (Å²) >= 11 is 0. The van der Waals surface area contributed by atoms with Crippen molar-refractivity contribution in [3.63, 3.8) is 0 Å². The first-order valence-electron chi connectivity index (χ1n) is 10.5. The number of rotatable bonds is 4. The highest BCUT2D eigenvalue weighted by atomic mass is 16.3. The molecule has 1 aromatic carbocycles. The third-order valence-corrected chi connectivity index (χ3v) is 5.44. The number of anilines is 2. The number of aromatic nitrogens is 3. The maximum atomic E-state index is 12.1. The number of hydrogen-bond acceptors (Lipinski definition) is 7. The lowest BCUT2D eigenvalue weighted by Gasteiger charge is -2.17. The van der Waals surface area contributed by atoms with E-state index in [1.807, 2.05) is 44.2 Å². The van der Waals surface area contributed by atoms with Crippen molar-refractivity contribution in [2.75, 3.05) is 24.6 Å². The minimum absolute atomic E-state index is 0.102. The summed E-state index contributed by atoms with van der Waals surface area (Å²) in [6.45, 7) is 4.64. The summed E-state index contributed by atoms with van der Waals surface area (Å²) in [7, 11) is 1.69. The smallest absolute Gasteiger partial charge is 0.255 e. The maximum absolute atomic E-state index is 12.1. The Morgan fingerprint density at radius 1 is 1.28 bits per heavy atom. The first-order valence-corrected chi connectivity index (χ1v) is 10.5. The second-order valence-corrected chi connectivity index (χ2v) is 8.38. The Bertz CT molecular complexity index is 1250. The van der Waals surface area contributed by atoms with Crippen molar-refractivity contribution in [2.45, 2.75) is 38.3 Å². The van der Waals surface area contributed by atoms with Crippen molar-refractivity contribution in [1.82, 2.24) is 19.9 Å². The van der Waals surface area contributed by atoms with Crippen molar-refractivity contribution < 1.29 is 9.90 Å². The lowest BCUT2D eigenvalue weighted by Crippen LogP contribution is -2.38. The summed E-state index contributed by atoms with van der Waals surface area (Å²) < 4.78 is 0. The number of carbonyl (C=O) groups is 1. The van der Waals surface area contributed by atoms with Gasteiger partial charge in [0.1, 0.15) is 17.4 Å². The molecular weight excluding hydrogens is 404 g/mol. The summed E-state index contributed by atoms with van der Waals surface area (Å²) in [6, 6.07) is 9.79. The van der Waals surface area contributed by atoms with Crippen LogP contribution in [0.2, 0.25) is 0 Å². The summed E-state index contributed by atoms with van der Waals surface area (Å²) in [6.07, 6.45) is 1.93. The van der Waals surface area contributed by atoms with Crippen LogP contribution in [0.25, 0.3) is 22.3 Å². The number of pyridine rings is 1. The molecule has 0 bridgehead atoms. The Hall–Kier alpha value is -3.70. The summed E-state index contributed by atoms with van der Waals surface area (Å²) in [4.78, 5) is 26.8. The molecule has 1 aliphatic rings. The van der Waals surface area contributed by atoms with E-state index in [2.05, 4.69) is 27.1 Å². The van der Waals surface area contributed by atoms with Crippen LogP contribution >= 0.6 is 0 Å². The number of nitrogens with two attached hydrogens (primary N) is 1. The van der Waals surface area contributed by atoms with Crippen LogP contribution in [0.3, 0.4) is 0 Å². The second-order valence-electron chi connectivity index (χ2n) is 8.38. The second kappa shape index (κ2) is 8.44. The van der Waals surface area contributed by atoms with E-state index in [1.54, 1.807) is 7.05 Å². The van der Waals surface area contributed by atoms with E-state index in [-0.39, 0.29) is 18.4 Å². The number of likely N-dealkylation sites (tertiary alicyclic amines) is 1. The van der Waals surface area contributed by atoms with Gasteiger partial charge in [0.25, 0.3) is 5.91 Å². The van der Waals surface area contributed by atoms with Crippen LogP contribution < -0.4 is 11.1 Å². The number of hydrogen-bond donors (Lipinski definition) is 3. The minimum atomic E-state index is -1.39. The summed E-state index contributed by atoms with van der Waals surface area (Å²) in [5, 5.41) is 13.9. The van der Waals surface area contributed by atoms with Gasteiger partial charge >= 0.3 is 0 Å². The number of aliphatic hydroxyl groups is 1. The van der Waals surface area contributed by atoms with Crippen molar-refractivity contribution >= 4 is 28.4 Å². The molecule has 0 unspecified atom stereocenters. The summed E-state index contributed by atoms with van der Waals surface area (Å²) in [5.41, 5.74) is 9.07. The van der Waals surface area contributed by atoms with Gasteiger partial charge in [-0.15, -0.1) is 0 Å². The van der Waals surface area contributed by atoms with Gasteiger partial charge in [-0.05, 0) is 32.0 Å². The van der Waals surface area contributed by atoms with E-state index in [0.717, 1.165) is 22.5 Å². The van der Waals surface area contributed by atoms with Gasteiger partial charge in [-0.3, -0.25) is 4.79 Å². The van der Waals surface area contributed by atoms with E-state index in [9.17, 15) is 9.90 Å². The monoisotopic (exact) mass is 430 g/mol. The number of nitrogens with zero attached hydrogens (tertiary/aromatic N) is 4. The zero-order chi connectivity index (χ0) is 22.9. The normalized spacial score (nSPS) is 18.2. The maximum Gasteiger partial charge on any atom is 0.255 e. The Kier molecular flexibility index (Phi) is 5.68. The Morgan fingerprint density at radius 2 is 2.09 bits per heavy atom. The van der Waals surface area contributed by atoms with Gasteiger partial charge in [0, 0.05) is 43.6 Å². The molecule has 1 saturated heterocycles. The van der Waals surface area contributed by atoms with Crippen molar-refractivity contribution in [3.05, 3.63) is 42.2 Å². The molecule has 3 heterocycles. The van der Waals surface area contributed by atoms with Gasteiger partial charge in [0.15, 0.2) is 11.4 Å². The van der Waals surface area contributed by atoms with Gasteiger partial charge in [-0.1, -0.05) is 24.0 Å². The molecule has 0 saturated carbocycles. The van der Waals surface area contributed by atoms with E-state index in [0.29, 0.717) is 29.8 Å². The predicted octanol–water partition coefficient (Wildman–Crippen LogP) is 2.43. The number of amides is 1. The lowest BCUT2D eigenvalue weighted by molar-refractivity contribution is -0.141. The fourth-order valence-electron chi connectivity index (χ4n) is 3.76. The topological polar surface area (TPSA) is 117 Å². The average molecular weight is 431 g/mol. The standard InChI is InChI=1S/C24H26N6O2/c1-15(2)28-19-13-18(29-21-20(19)26-14-27-22(21)25)17-8-4-6-16(12-17)7-5-9-24(32)10-11-30(3)23(24)31/h4,6,8,12-15,32H,9-11H2,1-3H3,(H,28,29)(H2,25,26,27)/t24-/m0/s1. The number of nitrogens with one attached hydrogen (secondary N) is 1. The van der Waals surface area contributed by atoms with Crippen LogP contribution in [0.15, 0.2) is 36.7 Å². The van der Waals surface area contributed by atoms with Crippen LogP contribution in [-0.2, 0) is 4.79 Å². The minimum Gasteiger partial charge on any atom is -0.382 e. The van der Waals surface area contributed by atoms with E-state index < -0.39 is 5.60 Å². The fraction of sp³-hybridized carbons (Fsp3) is 0.333. The highest BCUT2D eigenvalue weighted by molar-refractivity contribution is 5.95. The molecule has 32 heavy (non-hydrogen) atoms. The highest BCUT2D eigenvalue weighted by Crippen LogP contribution is 2.30. The molecule has 8 heteroatoms. The number of nitrogen functional groups attached to an aromatic ring is 1. The molecule has 1 fully saturated rings. The molecule has 0 aliphatic carbocycles. The third kappa shape index (κ3) is 4.20. The van der Waals surface area contributed by atoms with Gasteiger partial charge in [-0.2, -0.15) is 0 Å². The molecule has 4 N–H and O–H groups in total. The van der Waals surface area contributed by atoms with Crippen molar-refractivity contribution in [2.24, 2.45) is 0 Å². The zero-order valence-electron chi connectivity index (χ0n) is 18.4. The number of carbonyl (C=O) groups excluding carboxylic acids is 1. The first kappa shape index (κ1) is 21.5. The Morgan fingerprint density at radius 3 is 2.81 bits per heavy atom. The van der Waals surface area contributed by atoms with Crippen LogP contribution in [0, 0.1) is 11.8 Å².